The lowest BCUT2D eigenvalue weighted by Crippen LogP contribution is -2.29. The smallest absolute Gasteiger partial charge is 0.315 e. The number of likely N-dealkylation sites (N-methyl/N-ethyl adjacent to an activating group) is 1. The molecule has 6 heteroatoms. The number of carboxylic acid groups (broad SMARTS) is 1. The van der Waals surface area contributed by atoms with E-state index < -0.39 is 11.4 Å². The summed E-state index contributed by atoms with van der Waals surface area (Å²) in [6.07, 6.45) is 4.47. The number of hydrogen-bond acceptors (Lipinski definition) is 5. The minimum absolute atomic E-state index is 0.603. The van der Waals surface area contributed by atoms with Crippen molar-refractivity contribution in [1.82, 2.24) is 9.97 Å². The number of aromatic nitrogens is 2. The normalized spacial score (nSPS) is 11.4. The molecule has 21 heavy (non-hydrogen) atoms. The van der Waals surface area contributed by atoms with Crippen molar-refractivity contribution in [3.63, 3.8) is 0 Å². The SMILES string of the molecule is CN(CCc1ccncc1)c1nc(C(C)(C)C(=O)O)cs1. The maximum atomic E-state index is 11.3. The Morgan fingerprint density at radius 1 is 1.38 bits per heavy atom. The summed E-state index contributed by atoms with van der Waals surface area (Å²) in [5, 5.41) is 11.9. The first kappa shape index (κ1) is 15.4. The molecule has 0 saturated heterocycles. The lowest BCUT2D eigenvalue weighted by molar-refractivity contribution is -0.142. The predicted octanol–water partition coefficient (Wildman–Crippen LogP) is 2.58. The van der Waals surface area contributed by atoms with Crippen LogP contribution in [0.4, 0.5) is 5.13 Å². The second-order valence-electron chi connectivity index (χ2n) is 5.47. The molecular formula is C15H19N3O2S. The van der Waals surface area contributed by atoms with Gasteiger partial charge in [0.2, 0.25) is 0 Å². The van der Waals surface area contributed by atoms with E-state index in [9.17, 15) is 9.90 Å². The Morgan fingerprint density at radius 2 is 2.05 bits per heavy atom. The van der Waals surface area contributed by atoms with Crippen LogP contribution in [0.15, 0.2) is 29.9 Å². The Labute approximate surface area is 128 Å². The summed E-state index contributed by atoms with van der Waals surface area (Å²) in [5.41, 5.74) is 0.867. The van der Waals surface area contributed by atoms with Gasteiger partial charge in [-0.05, 0) is 38.0 Å². The molecule has 0 fully saturated rings. The third-order valence-corrected chi connectivity index (χ3v) is 4.43. The van der Waals surface area contributed by atoms with E-state index in [0.717, 1.165) is 18.1 Å². The molecule has 2 rings (SSSR count). The van der Waals surface area contributed by atoms with Gasteiger partial charge in [0.15, 0.2) is 5.13 Å². The third-order valence-electron chi connectivity index (χ3n) is 3.48. The molecule has 1 N–H and O–H groups in total. The number of aliphatic carboxylic acids is 1. The summed E-state index contributed by atoms with van der Waals surface area (Å²) < 4.78 is 0. The second kappa shape index (κ2) is 6.22. The number of thiazole rings is 1. The van der Waals surface area contributed by atoms with E-state index in [1.54, 1.807) is 26.2 Å². The highest BCUT2D eigenvalue weighted by Crippen LogP contribution is 2.28. The Hall–Kier alpha value is -1.95. The van der Waals surface area contributed by atoms with Crippen LogP contribution in [0.25, 0.3) is 0 Å². The monoisotopic (exact) mass is 305 g/mol. The van der Waals surface area contributed by atoms with Gasteiger partial charge in [-0.15, -0.1) is 11.3 Å². The van der Waals surface area contributed by atoms with Crippen molar-refractivity contribution < 1.29 is 9.90 Å². The van der Waals surface area contributed by atoms with Crippen LogP contribution in [0, 0.1) is 0 Å². The van der Waals surface area contributed by atoms with E-state index in [1.807, 2.05) is 29.5 Å². The zero-order valence-electron chi connectivity index (χ0n) is 12.4. The largest absolute Gasteiger partial charge is 0.481 e. The van der Waals surface area contributed by atoms with Gasteiger partial charge >= 0.3 is 5.97 Å². The highest BCUT2D eigenvalue weighted by atomic mass is 32.1. The number of pyridine rings is 1. The third kappa shape index (κ3) is 3.58. The zero-order chi connectivity index (χ0) is 15.5. The zero-order valence-corrected chi connectivity index (χ0v) is 13.2. The Kier molecular flexibility index (Phi) is 4.57. The van der Waals surface area contributed by atoms with Gasteiger partial charge in [-0.1, -0.05) is 0 Å². The first-order valence-electron chi connectivity index (χ1n) is 6.70. The van der Waals surface area contributed by atoms with Crippen LogP contribution >= 0.6 is 11.3 Å². The van der Waals surface area contributed by atoms with Gasteiger partial charge < -0.3 is 10.0 Å². The quantitative estimate of drug-likeness (QED) is 0.888. The molecule has 112 valence electrons. The fraction of sp³-hybridized carbons (Fsp3) is 0.400. The summed E-state index contributed by atoms with van der Waals surface area (Å²) >= 11 is 1.48. The summed E-state index contributed by atoms with van der Waals surface area (Å²) in [5.74, 6) is -0.862. The number of carboxylic acids is 1. The standard InChI is InChI=1S/C15H19N3O2S/c1-15(2,13(19)20)12-10-21-14(17-12)18(3)9-6-11-4-7-16-8-5-11/h4-5,7-8,10H,6,9H2,1-3H3,(H,19,20). The molecule has 0 aliphatic carbocycles. The van der Waals surface area contributed by atoms with E-state index in [2.05, 4.69) is 9.97 Å². The van der Waals surface area contributed by atoms with Crippen LogP contribution in [0.3, 0.4) is 0 Å². The molecule has 2 aromatic heterocycles. The molecule has 0 aromatic carbocycles. The molecule has 0 aliphatic rings. The first-order valence-corrected chi connectivity index (χ1v) is 7.58. The fourth-order valence-electron chi connectivity index (χ4n) is 1.78. The van der Waals surface area contributed by atoms with Crippen molar-refractivity contribution in [3.8, 4) is 0 Å². The maximum Gasteiger partial charge on any atom is 0.315 e. The predicted molar refractivity (Wildman–Crippen MR) is 84.0 cm³/mol. The summed E-state index contributed by atoms with van der Waals surface area (Å²) in [6.45, 7) is 4.17. The highest BCUT2D eigenvalue weighted by Gasteiger charge is 2.32. The molecule has 0 atom stereocenters. The Morgan fingerprint density at radius 3 is 2.67 bits per heavy atom. The van der Waals surface area contributed by atoms with Crippen LogP contribution in [0.1, 0.15) is 25.1 Å². The summed E-state index contributed by atoms with van der Waals surface area (Å²) in [6, 6.07) is 3.99. The van der Waals surface area contributed by atoms with E-state index in [4.69, 9.17) is 0 Å². The lowest BCUT2D eigenvalue weighted by atomic mass is 9.90. The molecule has 0 bridgehead atoms. The van der Waals surface area contributed by atoms with E-state index in [1.165, 1.54) is 16.9 Å². The number of nitrogens with zero attached hydrogens (tertiary/aromatic N) is 3. The van der Waals surface area contributed by atoms with Gasteiger partial charge in [-0.2, -0.15) is 0 Å². The van der Waals surface area contributed by atoms with Gasteiger partial charge in [0.1, 0.15) is 5.41 Å². The van der Waals surface area contributed by atoms with Gasteiger partial charge in [0, 0.05) is 31.4 Å². The van der Waals surface area contributed by atoms with Gasteiger partial charge in [-0.3, -0.25) is 9.78 Å². The van der Waals surface area contributed by atoms with Crippen LogP contribution in [-0.2, 0) is 16.6 Å². The second-order valence-corrected chi connectivity index (χ2v) is 6.31. The molecule has 0 saturated carbocycles. The van der Waals surface area contributed by atoms with E-state index >= 15 is 0 Å². The summed E-state index contributed by atoms with van der Waals surface area (Å²) in [4.78, 5) is 21.8. The summed E-state index contributed by atoms with van der Waals surface area (Å²) in [7, 11) is 1.97. The lowest BCUT2D eigenvalue weighted by Gasteiger charge is -2.18. The molecule has 0 unspecified atom stereocenters. The minimum atomic E-state index is -0.958. The molecule has 0 aliphatic heterocycles. The van der Waals surface area contributed by atoms with Crippen molar-refractivity contribution >= 4 is 22.4 Å². The molecule has 0 spiro atoms. The van der Waals surface area contributed by atoms with E-state index in [-0.39, 0.29) is 0 Å². The molecule has 5 nitrogen and oxygen atoms in total. The molecule has 0 amide bonds. The maximum absolute atomic E-state index is 11.3. The molecule has 0 radical (unpaired) electrons. The fourth-order valence-corrected chi connectivity index (χ4v) is 2.76. The van der Waals surface area contributed by atoms with Crippen molar-refractivity contribution in [2.24, 2.45) is 0 Å². The topological polar surface area (TPSA) is 66.3 Å². The van der Waals surface area contributed by atoms with Gasteiger partial charge in [0.05, 0.1) is 5.69 Å². The highest BCUT2D eigenvalue weighted by molar-refractivity contribution is 7.13. The van der Waals surface area contributed by atoms with Crippen LogP contribution in [-0.4, -0.2) is 34.6 Å². The average Bonchev–Trinajstić information content (AvgIpc) is 2.96. The Balaban J connectivity index is 2.02. The molecular weight excluding hydrogens is 286 g/mol. The van der Waals surface area contributed by atoms with Crippen LogP contribution in [0.5, 0.6) is 0 Å². The first-order chi connectivity index (χ1) is 9.91. The average molecular weight is 305 g/mol. The molecule has 2 heterocycles. The minimum Gasteiger partial charge on any atom is -0.481 e. The van der Waals surface area contributed by atoms with Crippen molar-refractivity contribution in [1.29, 1.82) is 0 Å². The van der Waals surface area contributed by atoms with Crippen molar-refractivity contribution in [2.45, 2.75) is 25.7 Å². The number of anilines is 1. The van der Waals surface area contributed by atoms with Crippen LogP contribution in [0.2, 0.25) is 0 Å². The molecule has 2 aromatic rings. The number of carbonyl (C=O) groups is 1. The Bertz CT molecular complexity index is 610. The van der Waals surface area contributed by atoms with Gasteiger partial charge in [0.25, 0.3) is 0 Å². The number of hydrogen-bond donors (Lipinski definition) is 1. The number of rotatable bonds is 6. The van der Waals surface area contributed by atoms with Gasteiger partial charge in [-0.25, -0.2) is 4.98 Å². The van der Waals surface area contributed by atoms with Crippen molar-refractivity contribution in [2.75, 3.05) is 18.5 Å². The van der Waals surface area contributed by atoms with Crippen LogP contribution < -0.4 is 4.90 Å². The van der Waals surface area contributed by atoms with Crippen molar-refractivity contribution in [3.05, 3.63) is 41.2 Å². The van der Waals surface area contributed by atoms with E-state index in [0.29, 0.717) is 5.69 Å².